The van der Waals surface area contributed by atoms with Gasteiger partial charge in [-0.05, 0) is 36.2 Å². The van der Waals surface area contributed by atoms with Crippen molar-refractivity contribution in [3.8, 4) is 10.4 Å². The minimum atomic E-state index is 0.0441. The van der Waals surface area contributed by atoms with Crippen LogP contribution in [-0.4, -0.2) is 32.0 Å². The van der Waals surface area contributed by atoms with E-state index in [2.05, 4.69) is 18.2 Å². The van der Waals surface area contributed by atoms with Gasteiger partial charge in [0.1, 0.15) is 0 Å². The molecule has 1 aromatic heterocycles. The van der Waals surface area contributed by atoms with Crippen LogP contribution in [0, 0.1) is 0 Å². The van der Waals surface area contributed by atoms with Gasteiger partial charge in [-0.15, -0.1) is 11.3 Å². The topological polar surface area (TPSA) is 29.5 Å². The zero-order valence-electron chi connectivity index (χ0n) is 12.2. The predicted molar refractivity (Wildman–Crippen MR) is 83.2 cm³/mol. The summed E-state index contributed by atoms with van der Waals surface area (Å²) in [5.74, 6) is 0.0441. The summed E-state index contributed by atoms with van der Waals surface area (Å²) in [6.07, 6.45) is 0.0674. The van der Waals surface area contributed by atoms with Gasteiger partial charge in [0.25, 0.3) is 5.91 Å². The summed E-state index contributed by atoms with van der Waals surface area (Å²) in [6.45, 7) is 2.02. The number of ether oxygens (including phenoxy) is 1. The standard InChI is InChI=1S/C16H19NO2S/c1-11(19-4)12-6-5-7-13(10-12)14-8-9-15(20-14)16(18)17(2)3/h5-11H,1-4H3/t11-/m0/s1. The first-order valence-electron chi connectivity index (χ1n) is 6.47. The lowest BCUT2D eigenvalue weighted by Crippen LogP contribution is -2.20. The van der Waals surface area contributed by atoms with Gasteiger partial charge in [-0.1, -0.05) is 18.2 Å². The Balaban J connectivity index is 2.31. The van der Waals surface area contributed by atoms with Gasteiger partial charge in [0.2, 0.25) is 0 Å². The molecule has 0 aliphatic heterocycles. The number of rotatable bonds is 4. The molecule has 0 aliphatic rings. The fourth-order valence-electron chi connectivity index (χ4n) is 1.91. The Hall–Kier alpha value is -1.65. The monoisotopic (exact) mass is 289 g/mol. The van der Waals surface area contributed by atoms with Crippen LogP contribution in [0.3, 0.4) is 0 Å². The first-order chi connectivity index (χ1) is 9.52. The highest BCUT2D eigenvalue weighted by molar-refractivity contribution is 7.17. The van der Waals surface area contributed by atoms with Gasteiger partial charge in [0.15, 0.2) is 0 Å². The molecule has 0 bridgehead atoms. The van der Waals surface area contributed by atoms with Crippen molar-refractivity contribution in [2.24, 2.45) is 0 Å². The fraction of sp³-hybridized carbons (Fsp3) is 0.312. The van der Waals surface area contributed by atoms with Gasteiger partial charge >= 0.3 is 0 Å². The molecule has 2 rings (SSSR count). The molecule has 3 nitrogen and oxygen atoms in total. The predicted octanol–water partition coefficient (Wildman–Crippen LogP) is 3.82. The Bertz CT molecular complexity index is 604. The van der Waals surface area contributed by atoms with Crippen LogP contribution in [0.5, 0.6) is 0 Å². The van der Waals surface area contributed by atoms with Gasteiger partial charge in [-0.25, -0.2) is 0 Å². The molecular weight excluding hydrogens is 270 g/mol. The summed E-state index contributed by atoms with van der Waals surface area (Å²) in [7, 11) is 5.24. The van der Waals surface area contributed by atoms with E-state index in [-0.39, 0.29) is 12.0 Å². The zero-order chi connectivity index (χ0) is 14.7. The van der Waals surface area contributed by atoms with E-state index in [9.17, 15) is 4.79 Å². The molecule has 20 heavy (non-hydrogen) atoms. The van der Waals surface area contributed by atoms with Crippen LogP contribution in [0.25, 0.3) is 10.4 Å². The van der Waals surface area contributed by atoms with Crippen LogP contribution in [0.1, 0.15) is 28.3 Å². The molecule has 0 N–H and O–H groups in total. The van der Waals surface area contributed by atoms with Crippen molar-refractivity contribution >= 4 is 17.2 Å². The molecule has 0 radical (unpaired) electrons. The molecule has 106 valence electrons. The maximum Gasteiger partial charge on any atom is 0.263 e. The Labute approximate surface area is 123 Å². The van der Waals surface area contributed by atoms with Gasteiger partial charge in [0, 0.05) is 26.1 Å². The second kappa shape index (κ2) is 6.20. The highest BCUT2D eigenvalue weighted by Crippen LogP contribution is 2.30. The van der Waals surface area contributed by atoms with Crippen molar-refractivity contribution in [3.63, 3.8) is 0 Å². The molecular formula is C16H19NO2S. The molecule has 0 saturated carbocycles. The minimum absolute atomic E-state index is 0.0441. The summed E-state index contributed by atoms with van der Waals surface area (Å²) in [6, 6.07) is 12.1. The average molecular weight is 289 g/mol. The van der Waals surface area contributed by atoms with E-state index in [1.165, 1.54) is 11.3 Å². The van der Waals surface area contributed by atoms with E-state index in [0.717, 1.165) is 20.9 Å². The van der Waals surface area contributed by atoms with E-state index >= 15 is 0 Å². The molecule has 4 heteroatoms. The van der Waals surface area contributed by atoms with Crippen LogP contribution >= 0.6 is 11.3 Å². The third kappa shape index (κ3) is 3.08. The number of nitrogens with zero attached hydrogens (tertiary/aromatic N) is 1. The third-order valence-electron chi connectivity index (χ3n) is 3.22. The number of hydrogen-bond donors (Lipinski definition) is 0. The molecule has 0 fully saturated rings. The zero-order valence-corrected chi connectivity index (χ0v) is 13.0. The number of benzene rings is 1. The second-order valence-corrected chi connectivity index (χ2v) is 5.95. The molecule has 2 aromatic rings. The van der Waals surface area contributed by atoms with Gasteiger partial charge < -0.3 is 9.64 Å². The first-order valence-corrected chi connectivity index (χ1v) is 7.29. The fourth-order valence-corrected chi connectivity index (χ4v) is 2.93. The normalized spacial score (nSPS) is 12.2. The van der Waals surface area contributed by atoms with Crippen LogP contribution in [0.4, 0.5) is 0 Å². The van der Waals surface area contributed by atoms with E-state index in [0.29, 0.717) is 0 Å². The maximum absolute atomic E-state index is 11.9. The van der Waals surface area contributed by atoms with Crippen LogP contribution in [0.2, 0.25) is 0 Å². The van der Waals surface area contributed by atoms with E-state index in [1.54, 1.807) is 26.1 Å². The molecule has 0 saturated heterocycles. The summed E-state index contributed by atoms with van der Waals surface area (Å²) in [4.78, 5) is 15.4. The third-order valence-corrected chi connectivity index (χ3v) is 4.34. The molecule has 0 spiro atoms. The lowest BCUT2D eigenvalue weighted by atomic mass is 10.1. The quantitative estimate of drug-likeness (QED) is 0.856. The summed E-state index contributed by atoms with van der Waals surface area (Å²) >= 11 is 1.52. The van der Waals surface area contributed by atoms with E-state index < -0.39 is 0 Å². The molecule has 1 heterocycles. The largest absolute Gasteiger partial charge is 0.377 e. The van der Waals surface area contributed by atoms with Gasteiger partial charge in [-0.3, -0.25) is 4.79 Å². The Morgan fingerprint density at radius 3 is 2.65 bits per heavy atom. The van der Waals surface area contributed by atoms with Crippen LogP contribution in [-0.2, 0) is 4.74 Å². The van der Waals surface area contributed by atoms with Crippen molar-refractivity contribution < 1.29 is 9.53 Å². The average Bonchev–Trinajstić information content (AvgIpc) is 2.95. The van der Waals surface area contributed by atoms with Crippen LogP contribution < -0.4 is 0 Å². The molecule has 1 aromatic carbocycles. The molecule has 1 atom stereocenters. The highest BCUT2D eigenvalue weighted by atomic mass is 32.1. The number of hydrogen-bond acceptors (Lipinski definition) is 3. The molecule has 1 amide bonds. The minimum Gasteiger partial charge on any atom is -0.377 e. The van der Waals surface area contributed by atoms with Crippen molar-refractivity contribution in [1.29, 1.82) is 0 Å². The van der Waals surface area contributed by atoms with E-state index in [4.69, 9.17) is 4.74 Å². The van der Waals surface area contributed by atoms with Gasteiger partial charge in [0.05, 0.1) is 11.0 Å². The van der Waals surface area contributed by atoms with Crippen molar-refractivity contribution in [2.75, 3.05) is 21.2 Å². The van der Waals surface area contributed by atoms with Crippen LogP contribution in [0.15, 0.2) is 36.4 Å². The number of carbonyl (C=O) groups excluding carboxylic acids is 1. The highest BCUT2D eigenvalue weighted by Gasteiger charge is 2.12. The number of thiophene rings is 1. The lowest BCUT2D eigenvalue weighted by molar-refractivity contribution is 0.0832. The summed E-state index contributed by atoms with van der Waals surface area (Å²) in [5.41, 5.74) is 2.26. The van der Waals surface area contributed by atoms with Gasteiger partial charge in [-0.2, -0.15) is 0 Å². The van der Waals surface area contributed by atoms with E-state index in [1.807, 2.05) is 25.1 Å². The summed E-state index contributed by atoms with van der Waals surface area (Å²) in [5, 5.41) is 0. The SMILES string of the molecule is CO[C@@H](C)c1cccc(-c2ccc(C(=O)N(C)C)s2)c1. The summed E-state index contributed by atoms with van der Waals surface area (Å²) < 4.78 is 5.34. The van der Waals surface area contributed by atoms with Crippen molar-refractivity contribution in [2.45, 2.75) is 13.0 Å². The number of carbonyl (C=O) groups is 1. The van der Waals surface area contributed by atoms with Crippen molar-refractivity contribution in [3.05, 3.63) is 46.8 Å². The second-order valence-electron chi connectivity index (χ2n) is 4.87. The van der Waals surface area contributed by atoms with Crippen molar-refractivity contribution in [1.82, 2.24) is 4.90 Å². The Kier molecular flexibility index (Phi) is 4.57. The smallest absolute Gasteiger partial charge is 0.263 e. The number of amides is 1. The Morgan fingerprint density at radius 1 is 1.25 bits per heavy atom. The molecule has 0 aliphatic carbocycles. The Morgan fingerprint density at radius 2 is 2.00 bits per heavy atom. The molecule has 0 unspecified atom stereocenters. The first kappa shape index (κ1) is 14.8. The number of methoxy groups -OCH3 is 1. The maximum atomic E-state index is 11.9. The lowest BCUT2D eigenvalue weighted by Gasteiger charge is -2.10.